The molecule has 0 aliphatic carbocycles. The molecule has 0 saturated carbocycles. The zero-order valence-electron chi connectivity index (χ0n) is 10.6. The van der Waals surface area contributed by atoms with Crippen molar-refractivity contribution >= 4 is 17.8 Å². The Balaban J connectivity index is 1.82. The van der Waals surface area contributed by atoms with Gasteiger partial charge in [0.2, 0.25) is 0 Å². The maximum atomic E-state index is 12.1. The Hall–Kier alpha value is -1.82. The van der Waals surface area contributed by atoms with Crippen molar-refractivity contribution in [2.75, 3.05) is 18.2 Å². The number of thioether (sulfide) groups is 1. The average molecular weight is 274 g/mol. The Morgan fingerprint density at radius 2 is 2.11 bits per heavy atom. The molecular weight excluding hydrogens is 260 g/mol. The van der Waals surface area contributed by atoms with E-state index in [2.05, 4.69) is 10.1 Å². The van der Waals surface area contributed by atoms with Crippen LogP contribution >= 0.6 is 11.8 Å². The van der Waals surface area contributed by atoms with E-state index in [9.17, 15) is 4.79 Å². The second-order valence-corrected chi connectivity index (χ2v) is 5.54. The zero-order chi connectivity index (χ0) is 13.2. The van der Waals surface area contributed by atoms with Crippen molar-refractivity contribution in [3.63, 3.8) is 0 Å². The number of carbonyl (C=O) groups is 1. The van der Waals surface area contributed by atoms with Gasteiger partial charge in [-0.25, -0.2) is 9.78 Å². The van der Waals surface area contributed by atoms with Gasteiger partial charge >= 0.3 is 6.03 Å². The average Bonchev–Trinajstić information content (AvgIpc) is 3.10. The minimum atomic E-state index is -0.101. The van der Waals surface area contributed by atoms with Crippen molar-refractivity contribution in [3.8, 4) is 11.4 Å². The Morgan fingerprint density at radius 3 is 2.79 bits per heavy atom. The van der Waals surface area contributed by atoms with Crippen molar-refractivity contribution < 1.29 is 4.79 Å². The summed E-state index contributed by atoms with van der Waals surface area (Å²) in [6, 6.07) is 7.84. The van der Waals surface area contributed by atoms with Crippen LogP contribution < -0.4 is 0 Å². The number of carbonyl (C=O) groups excluding carboxylic acids is 1. The van der Waals surface area contributed by atoms with Crippen LogP contribution in [0.3, 0.4) is 0 Å². The highest BCUT2D eigenvalue weighted by atomic mass is 32.2. The zero-order valence-corrected chi connectivity index (χ0v) is 11.4. The van der Waals surface area contributed by atoms with Crippen molar-refractivity contribution in [2.24, 2.45) is 0 Å². The van der Waals surface area contributed by atoms with Gasteiger partial charge in [-0.2, -0.15) is 4.68 Å². The van der Waals surface area contributed by atoms with Crippen LogP contribution in [-0.2, 0) is 0 Å². The van der Waals surface area contributed by atoms with Crippen molar-refractivity contribution in [3.05, 3.63) is 36.2 Å². The summed E-state index contributed by atoms with van der Waals surface area (Å²) in [4.78, 5) is 18.1. The molecule has 1 amide bonds. The summed E-state index contributed by atoms with van der Waals surface area (Å²) in [6.07, 6.45) is 1.49. The van der Waals surface area contributed by atoms with Crippen LogP contribution in [0.4, 0.5) is 4.79 Å². The molecule has 1 fully saturated rings. The fourth-order valence-corrected chi connectivity index (χ4v) is 2.84. The minimum Gasteiger partial charge on any atom is -0.313 e. The molecule has 0 atom stereocenters. The number of nitrogens with zero attached hydrogens (tertiary/aromatic N) is 4. The molecule has 3 rings (SSSR count). The number of aryl methyl sites for hydroxylation is 1. The van der Waals surface area contributed by atoms with Gasteiger partial charge in [-0.3, -0.25) is 0 Å². The first kappa shape index (κ1) is 12.2. The Kier molecular flexibility index (Phi) is 3.25. The normalized spacial score (nSPS) is 14.9. The van der Waals surface area contributed by atoms with Crippen LogP contribution in [0.15, 0.2) is 30.6 Å². The van der Waals surface area contributed by atoms with Gasteiger partial charge in [0.1, 0.15) is 6.33 Å². The summed E-state index contributed by atoms with van der Waals surface area (Å²) in [6.45, 7) is 2.81. The molecule has 6 heteroatoms. The first-order valence-electron chi connectivity index (χ1n) is 6.10. The largest absolute Gasteiger partial charge is 0.346 e. The molecule has 0 N–H and O–H groups in total. The third-order valence-corrected chi connectivity index (χ3v) is 3.99. The third kappa shape index (κ3) is 2.49. The molecule has 1 aliphatic heterocycles. The standard InChI is InChI=1S/C13H14N4OS/c1-10-2-4-11(5-3-10)12-14-8-17(15-12)13(18)16-6-7-19-9-16/h2-5,8H,6-7,9H2,1H3. The van der Waals surface area contributed by atoms with Gasteiger partial charge in [0.05, 0.1) is 5.88 Å². The maximum absolute atomic E-state index is 12.1. The number of hydrogen-bond donors (Lipinski definition) is 0. The summed E-state index contributed by atoms with van der Waals surface area (Å²) in [5, 5.41) is 4.26. The fraction of sp³-hybridized carbons (Fsp3) is 0.308. The molecule has 98 valence electrons. The van der Waals surface area contributed by atoms with Gasteiger partial charge in [0.15, 0.2) is 5.82 Å². The van der Waals surface area contributed by atoms with E-state index in [0.29, 0.717) is 5.82 Å². The first-order valence-corrected chi connectivity index (χ1v) is 7.25. The highest BCUT2D eigenvalue weighted by Gasteiger charge is 2.21. The lowest BCUT2D eigenvalue weighted by atomic mass is 10.1. The van der Waals surface area contributed by atoms with E-state index in [0.717, 1.165) is 23.7 Å². The van der Waals surface area contributed by atoms with Crippen LogP contribution in [0.2, 0.25) is 0 Å². The molecule has 0 bridgehead atoms. The molecule has 0 spiro atoms. The van der Waals surface area contributed by atoms with E-state index in [1.807, 2.05) is 31.2 Å². The fourth-order valence-electron chi connectivity index (χ4n) is 1.90. The van der Waals surface area contributed by atoms with E-state index in [-0.39, 0.29) is 6.03 Å². The maximum Gasteiger partial charge on any atom is 0.346 e. The molecule has 5 nitrogen and oxygen atoms in total. The van der Waals surface area contributed by atoms with E-state index >= 15 is 0 Å². The highest BCUT2D eigenvalue weighted by Crippen LogP contribution is 2.17. The second kappa shape index (κ2) is 5.05. The molecular formula is C13H14N4OS. The summed E-state index contributed by atoms with van der Waals surface area (Å²) in [5.41, 5.74) is 2.11. The summed E-state index contributed by atoms with van der Waals surface area (Å²) in [5.74, 6) is 2.31. The van der Waals surface area contributed by atoms with E-state index < -0.39 is 0 Å². The minimum absolute atomic E-state index is 0.101. The number of hydrogen-bond acceptors (Lipinski definition) is 4. The smallest absolute Gasteiger partial charge is 0.313 e. The molecule has 19 heavy (non-hydrogen) atoms. The summed E-state index contributed by atoms with van der Waals surface area (Å²) < 4.78 is 1.32. The van der Waals surface area contributed by atoms with E-state index in [1.165, 1.54) is 16.6 Å². The second-order valence-electron chi connectivity index (χ2n) is 4.46. The molecule has 1 saturated heterocycles. The van der Waals surface area contributed by atoms with E-state index in [1.54, 1.807) is 16.7 Å². The quantitative estimate of drug-likeness (QED) is 0.800. The molecule has 1 aromatic carbocycles. The van der Waals surface area contributed by atoms with Crippen LogP contribution in [0.25, 0.3) is 11.4 Å². The number of benzene rings is 1. The lowest BCUT2D eigenvalue weighted by Crippen LogP contribution is -2.32. The molecule has 1 aliphatic rings. The highest BCUT2D eigenvalue weighted by molar-refractivity contribution is 7.99. The van der Waals surface area contributed by atoms with Crippen LogP contribution in [0.1, 0.15) is 5.56 Å². The monoisotopic (exact) mass is 274 g/mol. The molecule has 0 radical (unpaired) electrons. The lowest BCUT2D eigenvalue weighted by molar-refractivity contribution is 0.209. The van der Waals surface area contributed by atoms with E-state index in [4.69, 9.17) is 0 Å². The molecule has 1 aromatic heterocycles. The van der Waals surface area contributed by atoms with Gasteiger partial charge in [-0.1, -0.05) is 29.8 Å². The topological polar surface area (TPSA) is 51.0 Å². The first-order chi connectivity index (χ1) is 9.24. The van der Waals surface area contributed by atoms with Crippen LogP contribution in [0, 0.1) is 6.92 Å². The Labute approximate surface area is 115 Å². The van der Waals surface area contributed by atoms with Crippen LogP contribution in [-0.4, -0.2) is 43.9 Å². The van der Waals surface area contributed by atoms with Crippen molar-refractivity contribution in [1.29, 1.82) is 0 Å². The number of rotatable bonds is 1. The van der Waals surface area contributed by atoms with Gasteiger partial charge in [0.25, 0.3) is 0 Å². The van der Waals surface area contributed by atoms with Crippen LogP contribution in [0.5, 0.6) is 0 Å². The van der Waals surface area contributed by atoms with Gasteiger partial charge in [-0.05, 0) is 6.92 Å². The van der Waals surface area contributed by atoms with Crippen molar-refractivity contribution in [2.45, 2.75) is 6.92 Å². The molecule has 2 aromatic rings. The summed E-state index contributed by atoms with van der Waals surface area (Å²) in [7, 11) is 0. The predicted octanol–water partition coefficient (Wildman–Crippen LogP) is 2.23. The SMILES string of the molecule is Cc1ccc(-c2ncn(C(=O)N3CCSC3)n2)cc1. The number of amides is 1. The van der Waals surface area contributed by atoms with Gasteiger partial charge < -0.3 is 4.90 Å². The number of aromatic nitrogens is 3. The summed E-state index contributed by atoms with van der Waals surface area (Å²) >= 11 is 1.75. The molecule has 2 heterocycles. The molecule has 0 unspecified atom stereocenters. The third-order valence-electron chi connectivity index (χ3n) is 3.02. The Bertz CT molecular complexity index is 587. The lowest BCUT2D eigenvalue weighted by Gasteiger charge is -2.12. The predicted molar refractivity (Wildman–Crippen MR) is 75.0 cm³/mol. The Morgan fingerprint density at radius 1 is 1.32 bits per heavy atom. The van der Waals surface area contributed by atoms with Gasteiger partial charge in [0, 0.05) is 17.9 Å². The van der Waals surface area contributed by atoms with Gasteiger partial charge in [-0.15, -0.1) is 16.9 Å². The van der Waals surface area contributed by atoms with Crippen molar-refractivity contribution in [1.82, 2.24) is 19.7 Å².